The molecule has 1 heterocycles. The lowest BCUT2D eigenvalue weighted by molar-refractivity contribution is -0.154. The van der Waals surface area contributed by atoms with E-state index in [2.05, 4.69) is 5.32 Å². The first-order valence-corrected chi connectivity index (χ1v) is 9.40. The molecule has 1 fully saturated rings. The van der Waals surface area contributed by atoms with Gasteiger partial charge in [0.15, 0.2) is 15.9 Å². The zero-order chi connectivity index (χ0) is 17.0. The Morgan fingerprint density at radius 1 is 1.39 bits per heavy atom. The lowest BCUT2D eigenvalue weighted by Gasteiger charge is -2.16. The quantitative estimate of drug-likeness (QED) is 0.796. The average molecular weight is 360 g/mol. The normalized spacial score (nSPS) is 20.7. The molecule has 0 spiro atoms. The van der Waals surface area contributed by atoms with Crippen LogP contribution in [0.2, 0.25) is 5.02 Å². The van der Waals surface area contributed by atoms with Crippen LogP contribution in [-0.4, -0.2) is 43.9 Å². The molecule has 0 aliphatic carbocycles. The van der Waals surface area contributed by atoms with Crippen molar-refractivity contribution in [3.63, 3.8) is 0 Å². The van der Waals surface area contributed by atoms with E-state index in [4.69, 9.17) is 16.3 Å². The standard InChI is InChI=1S/C15H18ClNO5S/c1-10(15(19)17-12-6-7-23(20,21)9-12)22-14(18)8-11-4-2-3-5-13(11)16/h2-5,10,12H,6-9H2,1H3,(H,17,19)/t10-,12+/m1/s1. The number of rotatable bonds is 5. The van der Waals surface area contributed by atoms with E-state index < -0.39 is 33.9 Å². The Labute approximate surface area is 140 Å². The van der Waals surface area contributed by atoms with Crippen molar-refractivity contribution in [2.75, 3.05) is 11.5 Å². The van der Waals surface area contributed by atoms with Crippen molar-refractivity contribution in [1.29, 1.82) is 0 Å². The van der Waals surface area contributed by atoms with E-state index in [0.29, 0.717) is 17.0 Å². The number of amides is 1. The van der Waals surface area contributed by atoms with Crippen molar-refractivity contribution in [3.05, 3.63) is 34.9 Å². The van der Waals surface area contributed by atoms with Gasteiger partial charge in [0.2, 0.25) is 0 Å². The second-order valence-corrected chi connectivity index (χ2v) is 8.14. The van der Waals surface area contributed by atoms with Crippen LogP contribution in [-0.2, 0) is 30.6 Å². The molecule has 0 aromatic heterocycles. The Morgan fingerprint density at radius 2 is 2.09 bits per heavy atom. The molecule has 126 valence electrons. The van der Waals surface area contributed by atoms with Gasteiger partial charge in [-0.25, -0.2) is 8.42 Å². The minimum absolute atomic E-state index is 0.0326. The summed E-state index contributed by atoms with van der Waals surface area (Å²) >= 11 is 5.96. The smallest absolute Gasteiger partial charge is 0.311 e. The Kier molecular flexibility index (Phi) is 5.64. The molecule has 2 rings (SSSR count). The minimum Gasteiger partial charge on any atom is -0.452 e. The molecule has 1 amide bonds. The van der Waals surface area contributed by atoms with Crippen LogP contribution < -0.4 is 5.32 Å². The third kappa shape index (κ3) is 5.21. The maximum Gasteiger partial charge on any atom is 0.311 e. The lowest BCUT2D eigenvalue weighted by atomic mass is 10.1. The summed E-state index contributed by atoms with van der Waals surface area (Å²) in [5, 5.41) is 3.05. The van der Waals surface area contributed by atoms with Crippen molar-refractivity contribution in [3.8, 4) is 0 Å². The number of carbonyl (C=O) groups is 2. The number of benzene rings is 1. The van der Waals surface area contributed by atoms with Gasteiger partial charge in [-0.1, -0.05) is 29.8 Å². The van der Waals surface area contributed by atoms with E-state index >= 15 is 0 Å². The predicted molar refractivity (Wildman–Crippen MR) is 85.9 cm³/mol. The van der Waals surface area contributed by atoms with Crippen molar-refractivity contribution < 1.29 is 22.7 Å². The Hall–Kier alpha value is -1.60. The Morgan fingerprint density at radius 3 is 2.70 bits per heavy atom. The summed E-state index contributed by atoms with van der Waals surface area (Å²) < 4.78 is 27.8. The topological polar surface area (TPSA) is 89.5 Å². The number of nitrogens with one attached hydrogen (secondary N) is 1. The van der Waals surface area contributed by atoms with E-state index in [-0.39, 0.29) is 17.9 Å². The van der Waals surface area contributed by atoms with Crippen LogP contribution in [0.4, 0.5) is 0 Å². The summed E-state index contributed by atoms with van der Waals surface area (Å²) in [5.41, 5.74) is 0.619. The van der Waals surface area contributed by atoms with Gasteiger partial charge in [-0.3, -0.25) is 9.59 Å². The summed E-state index contributed by atoms with van der Waals surface area (Å²) in [7, 11) is -3.07. The summed E-state index contributed by atoms with van der Waals surface area (Å²) in [6, 6.07) is 6.46. The number of ether oxygens (including phenoxy) is 1. The number of halogens is 1. The molecule has 0 radical (unpaired) electrons. The summed E-state index contributed by atoms with van der Waals surface area (Å²) in [6.07, 6.45) is -0.642. The molecular formula is C15H18ClNO5S. The third-order valence-corrected chi connectivity index (χ3v) is 5.69. The first-order valence-electron chi connectivity index (χ1n) is 7.20. The SMILES string of the molecule is C[C@@H](OC(=O)Cc1ccccc1Cl)C(=O)N[C@H]1CCS(=O)(=O)C1. The molecule has 6 nitrogen and oxygen atoms in total. The first-order chi connectivity index (χ1) is 10.8. The number of hydrogen-bond donors (Lipinski definition) is 1. The molecule has 0 bridgehead atoms. The van der Waals surface area contributed by atoms with Gasteiger partial charge < -0.3 is 10.1 Å². The van der Waals surface area contributed by atoms with Crippen LogP contribution in [0.3, 0.4) is 0 Å². The number of hydrogen-bond acceptors (Lipinski definition) is 5. The molecule has 1 saturated heterocycles. The van der Waals surface area contributed by atoms with Gasteiger partial charge in [-0.15, -0.1) is 0 Å². The highest BCUT2D eigenvalue weighted by atomic mass is 35.5. The monoisotopic (exact) mass is 359 g/mol. The zero-order valence-electron chi connectivity index (χ0n) is 12.6. The predicted octanol–water partition coefficient (Wildman–Crippen LogP) is 1.12. The highest BCUT2D eigenvalue weighted by Gasteiger charge is 2.30. The van der Waals surface area contributed by atoms with Crippen LogP contribution in [0.1, 0.15) is 18.9 Å². The molecule has 1 aliphatic heterocycles. The molecule has 0 saturated carbocycles. The molecule has 1 N–H and O–H groups in total. The van der Waals surface area contributed by atoms with Crippen LogP contribution in [0.25, 0.3) is 0 Å². The highest BCUT2D eigenvalue weighted by molar-refractivity contribution is 7.91. The molecule has 1 aromatic carbocycles. The van der Waals surface area contributed by atoms with E-state index in [1.54, 1.807) is 24.3 Å². The van der Waals surface area contributed by atoms with Crippen molar-refractivity contribution in [1.82, 2.24) is 5.32 Å². The molecule has 2 atom stereocenters. The molecule has 23 heavy (non-hydrogen) atoms. The van der Waals surface area contributed by atoms with E-state index in [1.807, 2.05) is 0 Å². The van der Waals surface area contributed by atoms with Crippen LogP contribution >= 0.6 is 11.6 Å². The minimum atomic E-state index is -3.07. The number of sulfone groups is 1. The van der Waals surface area contributed by atoms with Crippen LogP contribution in [0.5, 0.6) is 0 Å². The fourth-order valence-electron chi connectivity index (χ4n) is 2.32. The second kappa shape index (κ2) is 7.31. The highest BCUT2D eigenvalue weighted by Crippen LogP contribution is 2.16. The summed E-state index contributed by atoms with van der Waals surface area (Å²) in [6.45, 7) is 1.45. The molecule has 1 aliphatic rings. The van der Waals surface area contributed by atoms with Gasteiger partial charge in [-0.05, 0) is 25.0 Å². The number of carbonyl (C=O) groups excluding carboxylic acids is 2. The van der Waals surface area contributed by atoms with E-state index in [1.165, 1.54) is 6.92 Å². The molecule has 0 unspecified atom stereocenters. The van der Waals surface area contributed by atoms with Gasteiger partial charge >= 0.3 is 5.97 Å². The molecule has 1 aromatic rings. The van der Waals surface area contributed by atoms with Gasteiger partial charge in [0.1, 0.15) is 0 Å². The van der Waals surface area contributed by atoms with E-state index in [9.17, 15) is 18.0 Å². The van der Waals surface area contributed by atoms with Gasteiger partial charge in [-0.2, -0.15) is 0 Å². The van der Waals surface area contributed by atoms with Gasteiger partial charge in [0.25, 0.3) is 5.91 Å². The summed E-state index contributed by atoms with van der Waals surface area (Å²) in [4.78, 5) is 23.8. The Bertz CT molecular complexity index is 704. The summed E-state index contributed by atoms with van der Waals surface area (Å²) in [5.74, 6) is -1.07. The molecule has 8 heteroatoms. The largest absolute Gasteiger partial charge is 0.452 e. The zero-order valence-corrected chi connectivity index (χ0v) is 14.2. The van der Waals surface area contributed by atoms with E-state index in [0.717, 1.165) is 0 Å². The van der Waals surface area contributed by atoms with Gasteiger partial charge in [0, 0.05) is 11.1 Å². The van der Waals surface area contributed by atoms with Crippen LogP contribution in [0, 0.1) is 0 Å². The third-order valence-electron chi connectivity index (χ3n) is 3.55. The first kappa shape index (κ1) is 17.7. The molecular weight excluding hydrogens is 342 g/mol. The van der Waals surface area contributed by atoms with Crippen molar-refractivity contribution in [2.24, 2.45) is 0 Å². The fraction of sp³-hybridized carbons (Fsp3) is 0.467. The van der Waals surface area contributed by atoms with Crippen molar-refractivity contribution >= 4 is 33.3 Å². The second-order valence-electron chi connectivity index (χ2n) is 5.51. The lowest BCUT2D eigenvalue weighted by Crippen LogP contribution is -2.42. The van der Waals surface area contributed by atoms with Gasteiger partial charge in [0.05, 0.1) is 17.9 Å². The Balaban J connectivity index is 1.84. The fourth-order valence-corrected chi connectivity index (χ4v) is 4.19. The average Bonchev–Trinajstić information content (AvgIpc) is 2.80. The maximum atomic E-state index is 12.0. The number of esters is 1. The van der Waals surface area contributed by atoms with Crippen molar-refractivity contribution in [2.45, 2.75) is 31.9 Å². The van der Waals surface area contributed by atoms with Crippen LogP contribution in [0.15, 0.2) is 24.3 Å². The maximum absolute atomic E-state index is 12.0.